The van der Waals surface area contributed by atoms with Crippen molar-refractivity contribution in [3.8, 4) is 11.5 Å². The summed E-state index contributed by atoms with van der Waals surface area (Å²) < 4.78 is 25.0. The molecule has 0 bridgehead atoms. The first kappa shape index (κ1) is 41.9. The summed E-state index contributed by atoms with van der Waals surface area (Å²) in [5.41, 5.74) is 3.55. The average Bonchev–Trinajstić information content (AvgIpc) is 3.54. The zero-order valence-electron chi connectivity index (χ0n) is 33.8. The summed E-state index contributed by atoms with van der Waals surface area (Å²) in [6, 6.07) is 17.9. The number of ether oxygens (including phenoxy) is 2. The molecule has 3 aromatic carbocycles. The van der Waals surface area contributed by atoms with Crippen LogP contribution in [0.3, 0.4) is 0 Å². The summed E-state index contributed by atoms with van der Waals surface area (Å²) in [7, 11) is 3.35. The van der Waals surface area contributed by atoms with E-state index in [0.717, 1.165) is 62.7 Å². The Labute approximate surface area is 361 Å². The van der Waals surface area contributed by atoms with Gasteiger partial charge in [-0.15, -0.1) is 0 Å². The number of hydrogen-bond donors (Lipinski definition) is 4. The summed E-state index contributed by atoms with van der Waals surface area (Å²) in [6.07, 6.45) is 3.76. The number of piperazine rings is 1. The molecule has 0 spiro atoms. The van der Waals surface area contributed by atoms with Gasteiger partial charge in [-0.05, 0) is 55.7 Å². The summed E-state index contributed by atoms with van der Waals surface area (Å²) in [5, 5.41) is 9.06. The Morgan fingerprint density at radius 2 is 1.69 bits per heavy atom. The van der Waals surface area contributed by atoms with Crippen LogP contribution < -0.4 is 34.6 Å². The number of thiol groups is 1. The second kappa shape index (κ2) is 18.4. The molecule has 8 rings (SSSR count). The van der Waals surface area contributed by atoms with E-state index in [1.54, 1.807) is 36.7 Å². The highest BCUT2D eigenvalue weighted by molar-refractivity contribution is 7.67. The predicted molar refractivity (Wildman–Crippen MR) is 233 cm³/mol. The molecule has 0 saturated carbocycles. The molecule has 3 saturated heterocycles. The first-order valence-corrected chi connectivity index (χ1v) is 21.4. The van der Waals surface area contributed by atoms with Gasteiger partial charge in [0, 0.05) is 77.1 Å². The Kier molecular flexibility index (Phi) is 12.7. The van der Waals surface area contributed by atoms with Gasteiger partial charge in [0.1, 0.15) is 41.0 Å². The lowest BCUT2D eigenvalue weighted by Crippen LogP contribution is -2.54. The maximum absolute atomic E-state index is 13.4. The lowest BCUT2D eigenvalue weighted by Gasteiger charge is -2.43. The van der Waals surface area contributed by atoms with E-state index in [9.17, 15) is 23.4 Å². The number of rotatable bonds is 14. The molecule has 0 radical (unpaired) electrons. The fourth-order valence-electron chi connectivity index (χ4n) is 8.38. The number of carbonyl (C=O) groups excluding carboxylic acids is 4. The maximum atomic E-state index is 13.4. The molecule has 320 valence electrons. The molecule has 1 atom stereocenters. The molecule has 4 aliphatic heterocycles. The molecule has 19 heteroatoms. The third kappa shape index (κ3) is 8.98. The quantitative estimate of drug-likeness (QED) is 0.106. The van der Waals surface area contributed by atoms with E-state index in [1.807, 2.05) is 36.4 Å². The van der Waals surface area contributed by atoms with Gasteiger partial charge in [-0.3, -0.25) is 43.5 Å². The van der Waals surface area contributed by atoms with Crippen molar-refractivity contribution in [3.63, 3.8) is 0 Å². The average molecular weight is 871 g/mol. The highest BCUT2D eigenvalue weighted by Gasteiger charge is 2.46. The number of nitrogens with one attached hydrogen (secondary N) is 3. The summed E-state index contributed by atoms with van der Waals surface area (Å²) in [6.45, 7) is 6.51. The number of hydrogen-bond acceptors (Lipinski definition) is 14. The zero-order valence-corrected chi connectivity index (χ0v) is 35.5. The predicted octanol–water partition coefficient (Wildman–Crippen LogP) is 3.99. The van der Waals surface area contributed by atoms with Crippen LogP contribution in [0, 0.1) is 0 Å². The molecule has 17 nitrogen and oxygen atoms in total. The highest BCUT2D eigenvalue weighted by atomic mass is 35.5. The first-order chi connectivity index (χ1) is 29.6. The number of halogens is 1. The molecule has 61 heavy (non-hydrogen) atoms. The molecule has 4 aliphatic rings. The van der Waals surface area contributed by atoms with Gasteiger partial charge in [0.05, 0.1) is 41.5 Å². The molecular formula is C42H47ClN10O7S. The van der Waals surface area contributed by atoms with Crippen LogP contribution in [0.25, 0.3) is 0 Å². The van der Waals surface area contributed by atoms with Crippen LogP contribution in [0.2, 0.25) is 5.02 Å². The fraction of sp³-hybridized carbons (Fsp3) is 0.381. The Morgan fingerprint density at radius 3 is 2.44 bits per heavy atom. The van der Waals surface area contributed by atoms with Crippen molar-refractivity contribution < 1.29 is 32.9 Å². The van der Waals surface area contributed by atoms with Crippen LogP contribution in [-0.4, -0.2) is 131 Å². The Bertz CT molecular complexity index is 2340. The number of para-hydroxylation sites is 2. The molecule has 4 aromatic rings. The van der Waals surface area contributed by atoms with Gasteiger partial charge in [0.15, 0.2) is 5.82 Å². The van der Waals surface area contributed by atoms with Crippen molar-refractivity contribution >= 4 is 81.6 Å². The second-order valence-electron chi connectivity index (χ2n) is 15.2. The number of benzene rings is 3. The third-order valence-electron chi connectivity index (χ3n) is 11.7. The SMILES string of the molecule is COc1cc(N2CCC(N3CCN(CCOc4cccc5c4C(=O)N(C4CCC(=O)NC4=O)C5=O)CC3)CC2)ccc1Nc1ncc(Cl)c(Nc2ccccc2N(C)[SH]=O)n1. The highest BCUT2D eigenvalue weighted by Crippen LogP contribution is 2.36. The summed E-state index contributed by atoms with van der Waals surface area (Å²) in [5.74, 6) is -0.481. The molecule has 4 amide bonds. The van der Waals surface area contributed by atoms with Crippen LogP contribution in [0.15, 0.2) is 66.9 Å². The molecule has 1 aromatic heterocycles. The lowest BCUT2D eigenvalue weighted by atomic mass is 10.0. The van der Waals surface area contributed by atoms with E-state index < -0.39 is 29.7 Å². The minimum absolute atomic E-state index is 0.0649. The number of nitrogens with zero attached hydrogens (tertiary/aromatic N) is 7. The lowest BCUT2D eigenvalue weighted by molar-refractivity contribution is -0.136. The number of fused-ring (bicyclic) bond motifs is 1. The number of anilines is 6. The maximum Gasteiger partial charge on any atom is 0.266 e. The van der Waals surface area contributed by atoms with Gasteiger partial charge in [0.2, 0.25) is 17.8 Å². The van der Waals surface area contributed by atoms with Gasteiger partial charge in [-0.25, -0.2) is 9.19 Å². The van der Waals surface area contributed by atoms with Crippen molar-refractivity contribution in [2.75, 3.05) is 86.4 Å². The number of methoxy groups -OCH3 is 1. The van der Waals surface area contributed by atoms with E-state index in [4.69, 9.17) is 21.1 Å². The van der Waals surface area contributed by atoms with Crippen LogP contribution in [0.4, 0.5) is 34.5 Å². The number of carbonyl (C=O) groups is 4. The Morgan fingerprint density at radius 1 is 0.902 bits per heavy atom. The largest absolute Gasteiger partial charge is 0.494 e. The number of aromatic nitrogens is 2. The minimum atomic E-state index is -1.02. The Hall–Kier alpha value is -5.82. The van der Waals surface area contributed by atoms with E-state index in [1.165, 1.54) is 6.20 Å². The monoisotopic (exact) mass is 870 g/mol. The van der Waals surface area contributed by atoms with Crippen molar-refractivity contribution in [1.82, 2.24) is 30.0 Å². The van der Waals surface area contributed by atoms with E-state index in [0.29, 0.717) is 64.5 Å². The van der Waals surface area contributed by atoms with Crippen molar-refractivity contribution in [2.45, 2.75) is 37.8 Å². The molecule has 0 aliphatic carbocycles. The number of imide groups is 2. The third-order valence-corrected chi connectivity index (χ3v) is 12.4. The van der Waals surface area contributed by atoms with Crippen LogP contribution in [-0.2, 0) is 21.4 Å². The standard InChI is InChI=1S/C42H47ClN10O7S/c1-49(61-58)32-8-4-3-7-30(32)45-38-29(43)25-44-42(48-38)46-31-11-10-27(24-35(31)59-2)51-16-14-26(15-17-51)52-20-18-50(19-21-52)22-23-60-34-9-5-6-28-37(34)41(57)53(40(28)56)33-12-13-36(54)47-39(33)55/h3-11,24-26,33,61H,12-23H2,1-2H3,(H,47,54,55)(H2,44,45,46,48). The summed E-state index contributed by atoms with van der Waals surface area (Å²) in [4.78, 5) is 68.0. The molecule has 5 heterocycles. The number of piperidine rings is 2. The van der Waals surface area contributed by atoms with Crippen LogP contribution in [0.1, 0.15) is 46.4 Å². The van der Waals surface area contributed by atoms with Gasteiger partial charge >= 0.3 is 0 Å². The first-order valence-electron chi connectivity index (χ1n) is 20.2. The van der Waals surface area contributed by atoms with Crippen molar-refractivity contribution in [2.24, 2.45) is 0 Å². The minimum Gasteiger partial charge on any atom is -0.494 e. The normalized spacial score (nSPS) is 18.8. The van der Waals surface area contributed by atoms with E-state index in [-0.39, 0.29) is 35.8 Å². The van der Waals surface area contributed by atoms with Crippen molar-refractivity contribution in [3.05, 3.63) is 83.0 Å². The molecular weight excluding hydrogens is 824 g/mol. The zero-order chi connectivity index (χ0) is 42.6. The summed E-state index contributed by atoms with van der Waals surface area (Å²) >= 11 is 6.32. The smallest absolute Gasteiger partial charge is 0.266 e. The van der Waals surface area contributed by atoms with Gasteiger partial charge in [-0.1, -0.05) is 29.8 Å². The molecule has 1 unspecified atom stereocenters. The molecule has 3 fully saturated rings. The van der Waals surface area contributed by atoms with Gasteiger partial charge < -0.3 is 25.0 Å². The van der Waals surface area contributed by atoms with E-state index >= 15 is 0 Å². The number of amides is 4. The van der Waals surface area contributed by atoms with Crippen LogP contribution >= 0.6 is 11.6 Å². The topological polar surface area (TPSA) is 182 Å². The Balaban J connectivity index is 0.805. The second-order valence-corrected chi connectivity index (χ2v) is 16.4. The van der Waals surface area contributed by atoms with Crippen LogP contribution in [0.5, 0.6) is 11.5 Å². The fourth-order valence-corrected chi connectivity index (χ4v) is 8.78. The van der Waals surface area contributed by atoms with Crippen molar-refractivity contribution in [1.29, 1.82) is 0 Å². The van der Waals surface area contributed by atoms with Gasteiger partial charge in [0.25, 0.3) is 11.8 Å². The molecule has 3 N–H and O–H groups in total. The van der Waals surface area contributed by atoms with Gasteiger partial charge in [-0.2, -0.15) is 4.98 Å². The van der Waals surface area contributed by atoms with E-state index in [2.05, 4.69) is 46.7 Å².